The van der Waals surface area contributed by atoms with Gasteiger partial charge < -0.3 is 9.47 Å². The van der Waals surface area contributed by atoms with Gasteiger partial charge in [-0.05, 0) is 42.5 Å². The SMILES string of the molecule is CN1CCn2c(c(C3CCCCC3)c3ccc(C(=O)NS(=O)O)cc32)-c2ccccc21. The molecule has 2 aliphatic rings. The van der Waals surface area contributed by atoms with Crippen molar-refractivity contribution in [1.29, 1.82) is 0 Å². The van der Waals surface area contributed by atoms with Gasteiger partial charge in [-0.2, -0.15) is 0 Å². The van der Waals surface area contributed by atoms with Gasteiger partial charge in [0, 0.05) is 47.9 Å². The first-order valence-electron chi connectivity index (χ1n) is 10.9. The van der Waals surface area contributed by atoms with E-state index in [1.165, 1.54) is 60.0 Å². The number of likely N-dealkylation sites (N-methyl/N-ethyl adjacent to an activating group) is 1. The standard InChI is InChI=1S/C24H27N3O3S/c1-26-13-14-27-21-15-17(24(28)25-31(29)30)11-12-18(21)22(16-7-3-2-4-8-16)23(27)19-9-5-6-10-20(19)26/h5-6,9-12,15-16H,2-4,7-8,13-14H2,1H3,(H,25,28)(H,29,30). The first-order chi connectivity index (χ1) is 15.0. The van der Waals surface area contributed by atoms with E-state index in [0.717, 1.165) is 18.6 Å². The van der Waals surface area contributed by atoms with Gasteiger partial charge in [0.25, 0.3) is 17.2 Å². The van der Waals surface area contributed by atoms with Crippen LogP contribution >= 0.6 is 0 Å². The van der Waals surface area contributed by atoms with Crippen LogP contribution in [0.2, 0.25) is 0 Å². The van der Waals surface area contributed by atoms with E-state index in [9.17, 15) is 9.00 Å². The molecule has 3 aromatic rings. The molecule has 0 spiro atoms. The lowest BCUT2D eigenvalue weighted by Gasteiger charge is -2.24. The van der Waals surface area contributed by atoms with Gasteiger partial charge in [0.1, 0.15) is 0 Å². The molecule has 5 rings (SSSR count). The molecule has 31 heavy (non-hydrogen) atoms. The van der Waals surface area contributed by atoms with Gasteiger partial charge in [-0.1, -0.05) is 43.5 Å². The number of hydrogen-bond donors (Lipinski definition) is 2. The molecular weight excluding hydrogens is 410 g/mol. The molecule has 1 aliphatic carbocycles. The molecule has 1 unspecified atom stereocenters. The topological polar surface area (TPSA) is 74.6 Å². The minimum atomic E-state index is -2.38. The number of amides is 1. The quantitative estimate of drug-likeness (QED) is 0.584. The summed E-state index contributed by atoms with van der Waals surface area (Å²) in [4.78, 5) is 14.7. The fourth-order valence-electron chi connectivity index (χ4n) is 5.36. The molecule has 1 aromatic heterocycles. The highest BCUT2D eigenvalue weighted by atomic mass is 32.2. The van der Waals surface area contributed by atoms with E-state index >= 15 is 0 Å². The minimum Gasteiger partial charge on any atom is -0.372 e. The van der Waals surface area contributed by atoms with Crippen molar-refractivity contribution in [2.45, 2.75) is 44.6 Å². The van der Waals surface area contributed by atoms with Gasteiger partial charge >= 0.3 is 0 Å². The summed E-state index contributed by atoms with van der Waals surface area (Å²) in [5.41, 5.74) is 6.56. The molecule has 0 saturated heterocycles. The summed E-state index contributed by atoms with van der Waals surface area (Å²) in [6.07, 6.45) is 6.18. The van der Waals surface area contributed by atoms with E-state index in [-0.39, 0.29) is 0 Å². The van der Waals surface area contributed by atoms with Crippen molar-refractivity contribution >= 4 is 33.8 Å². The molecular formula is C24H27N3O3S. The lowest BCUT2D eigenvalue weighted by molar-refractivity contribution is 0.0981. The number of aromatic nitrogens is 1. The molecule has 7 heteroatoms. The van der Waals surface area contributed by atoms with Crippen LogP contribution in [-0.4, -0.2) is 32.8 Å². The highest BCUT2D eigenvalue weighted by molar-refractivity contribution is 7.77. The van der Waals surface area contributed by atoms with Crippen LogP contribution in [0.4, 0.5) is 5.69 Å². The Kier molecular flexibility index (Phi) is 5.32. The molecule has 1 atom stereocenters. The van der Waals surface area contributed by atoms with Gasteiger partial charge in [-0.3, -0.25) is 9.35 Å². The number of nitrogens with zero attached hydrogens (tertiary/aromatic N) is 2. The second kappa shape index (κ2) is 8.13. The predicted molar refractivity (Wildman–Crippen MR) is 125 cm³/mol. The second-order valence-corrected chi connectivity index (χ2v) is 9.30. The van der Waals surface area contributed by atoms with E-state index in [1.54, 1.807) is 6.07 Å². The summed E-state index contributed by atoms with van der Waals surface area (Å²) in [6, 6.07) is 14.3. The first-order valence-corrected chi connectivity index (χ1v) is 12.0. The number of benzene rings is 2. The Labute approximate surface area is 184 Å². The summed E-state index contributed by atoms with van der Waals surface area (Å²) < 4.78 is 24.6. The van der Waals surface area contributed by atoms with Gasteiger partial charge in [0.15, 0.2) is 0 Å². The van der Waals surface area contributed by atoms with Crippen molar-refractivity contribution in [3.63, 3.8) is 0 Å². The van der Waals surface area contributed by atoms with Crippen LogP contribution in [0.25, 0.3) is 22.2 Å². The summed E-state index contributed by atoms with van der Waals surface area (Å²) in [7, 11) is 2.13. The Morgan fingerprint density at radius 2 is 1.87 bits per heavy atom. The van der Waals surface area contributed by atoms with E-state index in [4.69, 9.17) is 4.55 Å². The third kappa shape index (κ3) is 3.55. The van der Waals surface area contributed by atoms with Crippen LogP contribution in [0.5, 0.6) is 0 Å². The number of anilines is 1. The molecule has 0 radical (unpaired) electrons. The Hall–Kier alpha value is -2.64. The van der Waals surface area contributed by atoms with Gasteiger partial charge in [0.2, 0.25) is 0 Å². The number of rotatable bonds is 3. The van der Waals surface area contributed by atoms with Crippen LogP contribution in [0.1, 0.15) is 53.9 Å². The average molecular weight is 438 g/mol. The third-order valence-electron chi connectivity index (χ3n) is 6.79. The van der Waals surface area contributed by atoms with E-state index in [2.05, 4.69) is 45.5 Å². The third-order valence-corrected chi connectivity index (χ3v) is 7.15. The molecule has 1 saturated carbocycles. The molecule has 162 valence electrons. The highest BCUT2D eigenvalue weighted by Crippen LogP contribution is 2.47. The van der Waals surface area contributed by atoms with E-state index in [1.807, 2.05) is 12.1 Å². The molecule has 1 amide bonds. The van der Waals surface area contributed by atoms with Crippen LogP contribution < -0.4 is 9.62 Å². The zero-order valence-electron chi connectivity index (χ0n) is 17.6. The largest absolute Gasteiger partial charge is 0.372 e. The van der Waals surface area contributed by atoms with E-state index in [0.29, 0.717) is 11.5 Å². The van der Waals surface area contributed by atoms with Gasteiger partial charge in [-0.25, -0.2) is 8.93 Å². The fourth-order valence-corrected chi connectivity index (χ4v) is 5.64. The van der Waals surface area contributed by atoms with Crippen molar-refractivity contribution in [2.24, 2.45) is 0 Å². The normalized spacial score (nSPS) is 17.7. The smallest absolute Gasteiger partial charge is 0.264 e. The summed E-state index contributed by atoms with van der Waals surface area (Å²) in [6.45, 7) is 1.69. The number of para-hydroxylation sites is 1. The molecule has 0 bridgehead atoms. The minimum absolute atomic E-state index is 0.399. The van der Waals surface area contributed by atoms with Gasteiger partial charge in [0.05, 0.1) is 5.69 Å². The maximum atomic E-state index is 12.4. The van der Waals surface area contributed by atoms with Crippen molar-refractivity contribution < 1.29 is 13.6 Å². The Morgan fingerprint density at radius 1 is 1.10 bits per heavy atom. The zero-order valence-corrected chi connectivity index (χ0v) is 18.5. The maximum Gasteiger partial charge on any atom is 0.264 e. The monoisotopic (exact) mass is 437 g/mol. The lowest BCUT2D eigenvalue weighted by atomic mass is 9.81. The number of fused-ring (bicyclic) bond motifs is 5. The second-order valence-electron chi connectivity index (χ2n) is 8.60. The van der Waals surface area contributed by atoms with Crippen molar-refractivity contribution in [1.82, 2.24) is 9.29 Å². The molecule has 2 aromatic carbocycles. The van der Waals surface area contributed by atoms with Crippen molar-refractivity contribution in [2.75, 3.05) is 18.5 Å². The van der Waals surface area contributed by atoms with Gasteiger partial charge in [-0.15, -0.1) is 0 Å². The Balaban J connectivity index is 1.77. The van der Waals surface area contributed by atoms with Crippen LogP contribution in [-0.2, 0) is 17.8 Å². The summed E-state index contributed by atoms with van der Waals surface area (Å²) in [5.74, 6) is -0.0303. The first kappa shape index (κ1) is 20.3. The molecule has 2 N–H and O–H groups in total. The molecule has 2 heterocycles. The fraction of sp³-hybridized carbons (Fsp3) is 0.375. The van der Waals surface area contributed by atoms with Crippen molar-refractivity contribution in [3.8, 4) is 11.3 Å². The highest BCUT2D eigenvalue weighted by Gasteiger charge is 2.29. The predicted octanol–water partition coefficient (Wildman–Crippen LogP) is 4.67. The Bertz CT molecular complexity index is 1180. The van der Waals surface area contributed by atoms with Crippen LogP contribution in [0.15, 0.2) is 42.5 Å². The number of carbonyl (C=O) groups is 1. The van der Waals surface area contributed by atoms with E-state index < -0.39 is 17.2 Å². The number of hydrogen-bond acceptors (Lipinski definition) is 3. The summed E-state index contributed by atoms with van der Waals surface area (Å²) >= 11 is -2.38. The lowest BCUT2D eigenvalue weighted by Crippen LogP contribution is -2.25. The molecule has 6 nitrogen and oxygen atoms in total. The van der Waals surface area contributed by atoms with Crippen LogP contribution in [0, 0.1) is 0 Å². The number of nitrogens with one attached hydrogen (secondary N) is 1. The molecule has 1 fully saturated rings. The zero-order chi connectivity index (χ0) is 21.5. The number of carbonyl (C=O) groups excluding carboxylic acids is 1. The summed E-state index contributed by atoms with van der Waals surface area (Å²) in [5, 5.41) is 1.20. The Morgan fingerprint density at radius 3 is 2.65 bits per heavy atom. The van der Waals surface area contributed by atoms with Crippen molar-refractivity contribution in [3.05, 3.63) is 53.6 Å². The van der Waals surface area contributed by atoms with Crippen LogP contribution in [0.3, 0.4) is 0 Å². The average Bonchev–Trinajstić information content (AvgIpc) is 3.03. The molecule has 1 aliphatic heterocycles. The maximum absolute atomic E-state index is 12.4.